The van der Waals surface area contributed by atoms with Crippen molar-refractivity contribution >= 4 is 27.1 Å². The van der Waals surface area contributed by atoms with Gasteiger partial charge in [-0.1, -0.05) is 24.3 Å². The van der Waals surface area contributed by atoms with Crippen molar-refractivity contribution in [3.05, 3.63) is 52.7 Å². The number of thiophene rings is 1. The predicted octanol–water partition coefficient (Wildman–Crippen LogP) is 2.91. The summed E-state index contributed by atoms with van der Waals surface area (Å²) >= 11 is 1.83. The lowest BCUT2D eigenvalue weighted by molar-refractivity contribution is -0.120. The number of carbonyl (C=O) groups excluding carboxylic acids is 1. The molecule has 7 heteroatoms. The molecule has 2 aromatic rings. The van der Waals surface area contributed by atoms with Crippen LogP contribution in [0, 0.1) is 0 Å². The molecule has 0 atom stereocenters. The van der Waals surface area contributed by atoms with E-state index in [1.165, 1.54) is 4.88 Å². The number of amides is 1. The van der Waals surface area contributed by atoms with Crippen LogP contribution in [-0.2, 0) is 14.6 Å². The van der Waals surface area contributed by atoms with Crippen molar-refractivity contribution in [3.63, 3.8) is 0 Å². The Morgan fingerprint density at radius 1 is 1.11 bits per heavy atom. The van der Waals surface area contributed by atoms with Crippen LogP contribution in [0.2, 0.25) is 0 Å². The van der Waals surface area contributed by atoms with E-state index in [0.717, 1.165) is 32.5 Å². The van der Waals surface area contributed by atoms with Gasteiger partial charge in [-0.2, -0.15) is 0 Å². The number of piperidine rings is 1. The summed E-state index contributed by atoms with van der Waals surface area (Å²) in [5, 5.41) is 4.98. The molecule has 1 fully saturated rings. The highest BCUT2D eigenvalue weighted by Crippen LogP contribution is 2.30. The minimum absolute atomic E-state index is 0.00230. The topological polar surface area (TPSA) is 66.5 Å². The highest BCUT2D eigenvalue weighted by molar-refractivity contribution is 7.91. The molecule has 1 amide bonds. The van der Waals surface area contributed by atoms with Gasteiger partial charge in [0.1, 0.15) is 0 Å². The number of likely N-dealkylation sites (tertiary alicyclic amines) is 1. The maximum atomic E-state index is 12.2. The third-order valence-corrected chi connectivity index (χ3v) is 7.75. The highest BCUT2D eigenvalue weighted by atomic mass is 32.2. The first-order chi connectivity index (χ1) is 13.0. The lowest BCUT2D eigenvalue weighted by Crippen LogP contribution is -2.39. The lowest BCUT2D eigenvalue weighted by Gasteiger charge is -2.31. The summed E-state index contributed by atoms with van der Waals surface area (Å²) in [6, 6.07) is 12.6. The van der Waals surface area contributed by atoms with Crippen molar-refractivity contribution < 1.29 is 13.2 Å². The number of sulfone groups is 1. The second kappa shape index (κ2) is 9.48. The van der Waals surface area contributed by atoms with Gasteiger partial charge in [0.05, 0.1) is 10.6 Å². The summed E-state index contributed by atoms with van der Waals surface area (Å²) in [6.45, 7) is 3.46. The van der Waals surface area contributed by atoms with Crippen molar-refractivity contribution in [1.29, 1.82) is 0 Å². The fourth-order valence-electron chi connectivity index (χ4n) is 3.38. The molecule has 1 aliphatic heterocycles. The zero-order valence-electron chi connectivity index (χ0n) is 15.3. The summed E-state index contributed by atoms with van der Waals surface area (Å²) < 4.78 is 24.4. The first kappa shape index (κ1) is 20.0. The van der Waals surface area contributed by atoms with E-state index in [2.05, 4.69) is 27.7 Å². The van der Waals surface area contributed by atoms with Gasteiger partial charge in [-0.3, -0.25) is 4.79 Å². The summed E-state index contributed by atoms with van der Waals surface area (Å²) in [7, 11) is -3.40. The second-order valence-corrected chi connectivity index (χ2v) is 9.95. The molecule has 0 saturated carbocycles. The third-order valence-electron chi connectivity index (χ3n) is 4.98. The summed E-state index contributed by atoms with van der Waals surface area (Å²) in [4.78, 5) is 16.1. The molecule has 0 unspecified atom stereocenters. The molecule has 3 rings (SSSR count). The second-order valence-electron chi connectivity index (χ2n) is 6.86. The normalized spacial score (nSPS) is 16.3. The number of nitrogens with zero attached hydrogens (tertiary/aromatic N) is 1. The van der Waals surface area contributed by atoms with Crippen LogP contribution in [-0.4, -0.2) is 51.2 Å². The van der Waals surface area contributed by atoms with Crippen molar-refractivity contribution in [2.45, 2.75) is 30.1 Å². The first-order valence-corrected chi connectivity index (χ1v) is 11.9. The van der Waals surface area contributed by atoms with E-state index in [1.54, 1.807) is 30.3 Å². The molecular formula is C20H26N2O3S2. The molecule has 1 saturated heterocycles. The maximum Gasteiger partial charge on any atom is 0.221 e. The van der Waals surface area contributed by atoms with E-state index in [4.69, 9.17) is 0 Å². The van der Waals surface area contributed by atoms with Crippen molar-refractivity contribution in [2.75, 3.05) is 31.9 Å². The molecule has 2 heterocycles. The Bertz CT molecular complexity index is 812. The Hall–Kier alpha value is -1.70. The highest BCUT2D eigenvalue weighted by Gasteiger charge is 2.21. The smallest absolute Gasteiger partial charge is 0.221 e. The van der Waals surface area contributed by atoms with Crippen molar-refractivity contribution in [1.82, 2.24) is 10.2 Å². The van der Waals surface area contributed by atoms with Gasteiger partial charge in [0, 0.05) is 24.4 Å². The predicted molar refractivity (Wildman–Crippen MR) is 109 cm³/mol. The van der Waals surface area contributed by atoms with Gasteiger partial charge in [0.15, 0.2) is 9.84 Å². The van der Waals surface area contributed by atoms with Crippen LogP contribution in [0.5, 0.6) is 0 Å². The first-order valence-electron chi connectivity index (χ1n) is 9.35. The Morgan fingerprint density at radius 2 is 1.85 bits per heavy atom. The lowest BCUT2D eigenvalue weighted by atomic mass is 9.95. The third kappa shape index (κ3) is 5.89. The SMILES string of the molecule is O=C(CCS(=O)(=O)c1ccccc1)NCCN1CCC(c2cccs2)CC1. The fraction of sp³-hybridized carbons (Fsp3) is 0.450. The van der Waals surface area contributed by atoms with Gasteiger partial charge in [-0.25, -0.2) is 8.42 Å². The molecule has 0 aliphatic carbocycles. The molecule has 1 aromatic heterocycles. The van der Waals surface area contributed by atoms with E-state index in [-0.39, 0.29) is 23.0 Å². The molecule has 5 nitrogen and oxygen atoms in total. The molecule has 27 heavy (non-hydrogen) atoms. The summed E-state index contributed by atoms with van der Waals surface area (Å²) in [5.74, 6) is 0.303. The van der Waals surface area contributed by atoms with E-state index in [0.29, 0.717) is 12.5 Å². The van der Waals surface area contributed by atoms with Crippen LogP contribution in [0.4, 0.5) is 0 Å². The number of hydrogen-bond acceptors (Lipinski definition) is 5. The summed E-state index contributed by atoms with van der Waals surface area (Å²) in [6.07, 6.45) is 2.31. The average Bonchev–Trinajstić information content (AvgIpc) is 3.23. The summed E-state index contributed by atoms with van der Waals surface area (Å²) in [5.41, 5.74) is 0. The minimum atomic E-state index is -3.40. The van der Waals surface area contributed by atoms with Gasteiger partial charge in [0.2, 0.25) is 5.91 Å². The van der Waals surface area contributed by atoms with Crippen LogP contribution >= 0.6 is 11.3 Å². The van der Waals surface area contributed by atoms with Crippen molar-refractivity contribution in [2.24, 2.45) is 0 Å². The molecule has 146 valence electrons. The number of carbonyl (C=O) groups is 1. The molecular weight excluding hydrogens is 380 g/mol. The molecule has 0 bridgehead atoms. The zero-order chi connectivity index (χ0) is 19.1. The van der Waals surface area contributed by atoms with Gasteiger partial charge in [-0.15, -0.1) is 11.3 Å². The molecule has 1 aliphatic rings. The number of benzene rings is 1. The molecule has 0 radical (unpaired) electrons. The monoisotopic (exact) mass is 406 g/mol. The van der Waals surface area contributed by atoms with Crippen LogP contribution in [0.3, 0.4) is 0 Å². The van der Waals surface area contributed by atoms with Crippen LogP contribution < -0.4 is 5.32 Å². The molecule has 1 aromatic carbocycles. The standard InChI is InChI=1S/C20H26N2O3S2/c23-20(10-16-27(24,25)18-5-2-1-3-6-18)21-11-14-22-12-8-17(9-13-22)19-7-4-15-26-19/h1-7,15,17H,8-14,16H2,(H,21,23). The quantitative estimate of drug-likeness (QED) is 0.732. The average molecular weight is 407 g/mol. The van der Waals surface area contributed by atoms with Crippen LogP contribution in [0.25, 0.3) is 0 Å². The van der Waals surface area contributed by atoms with Crippen molar-refractivity contribution in [3.8, 4) is 0 Å². The van der Waals surface area contributed by atoms with Gasteiger partial charge in [-0.05, 0) is 55.4 Å². The number of hydrogen-bond donors (Lipinski definition) is 1. The molecule has 1 N–H and O–H groups in total. The Kier molecular flexibility index (Phi) is 7.04. The number of rotatable bonds is 8. The van der Waals surface area contributed by atoms with E-state index >= 15 is 0 Å². The minimum Gasteiger partial charge on any atom is -0.355 e. The Morgan fingerprint density at radius 3 is 2.52 bits per heavy atom. The number of nitrogens with one attached hydrogen (secondary N) is 1. The van der Waals surface area contributed by atoms with E-state index < -0.39 is 9.84 Å². The molecule has 0 spiro atoms. The van der Waals surface area contributed by atoms with E-state index in [1.807, 2.05) is 11.3 Å². The maximum absolute atomic E-state index is 12.2. The van der Waals surface area contributed by atoms with Crippen LogP contribution in [0.1, 0.15) is 30.1 Å². The van der Waals surface area contributed by atoms with Gasteiger partial charge >= 0.3 is 0 Å². The fourth-order valence-corrected chi connectivity index (χ4v) is 5.54. The zero-order valence-corrected chi connectivity index (χ0v) is 17.0. The van der Waals surface area contributed by atoms with Crippen LogP contribution in [0.15, 0.2) is 52.7 Å². The van der Waals surface area contributed by atoms with Gasteiger partial charge < -0.3 is 10.2 Å². The Balaban J connectivity index is 1.33. The van der Waals surface area contributed by atoms with Gasteiger partial charge in [0.25, 0.3) is 0 Å². The largest absolute Gasteiger partial charge is 0.355 e. The van der Waals surface area contributed by atoms with E-state index in [9.17, 15) is 13.2 Å². The Labute approximate surface area is 165 Å².